The van der Waals surface area contributed by atoms with Crippen molar-refractivity contribution in [1.82, 2.24) is 15.3 Å². The highest BCUT2D eigenvalue weighted by Gasteiger charge is 2.12. The Kier molecular flexibility index (Phi) is 6.40. The van der Waals surface area contributed by atoms with Crippen LogP contribution in [0.4, 0.5) is 15.0 Å². The van der Waals surface area contributed by atoms with Gasteiger partial charge in [-0.15, -0.1) is 0 Å². The Morgan fingerprint density at radius 1 is 1.10 bits per heavy atom. The van der Waals surface area contributed by atoms with E-state index < -0.39 is 0 Å². The van der Waals surface area contributed by atoms with Crippen molar-refractivity contribution in [2.24, 2.45) is 0 Å². The topological polar surface area (TPSA) is 76.1 Å². The number of aryl methyl sites for hydroxylation is 2. The molecule has 2 amide bonds. The van der Waals surface area contributed by atoms with Gasteiger partial charge < -0.3 is 10.1 Å². The first-order valence-electron chi connectivity index (χ1n) is 10.5. The second-order valence-corrected chi connectivity index (χ2v) is 7.50. The number of rotatable bonds is 6. The van der Waals surface area contributed by atoms with Gasteiger partial charge in [-0.05, 0) is 67.6 Å². The predicted molar refractivity (Wildman–Crippen MR) is 118 cm³/mol. The van der Waals surface area contributed by atoms with Crippen LogP contribution in [0.15, 0.2) is 48.5 Å². The molecule has 0 saturated carbocycles. The van der Waals surface area contributed by atoms with Crippen molar-refractivity contribution in [3.05, 3.63) is 71.3 Å². The summed E-state index contributed by atoms with van der Waals surface area (Å²) in [7, 11) is 1.52. The van der Waals surface area contributed by atoms with Crippen LogP contribution in [0.1, 0.15) is 29.8 Å². The van der Waals surface area contributed by atoms with Gasteiger partial charge in [-0.1, -0.05) is 12.1 Å². The van der Waals surface area contributed by atoms with Gasteiger partial charge in [0, 0.05) is 29.9 Å². The average Bonchev–Trinajstić information content (AvgIpc) is 2.79. The molecule has 1 aliphatic rings. The van der Waals surface area contributed by atoms with Crippen LogP contribution in [0.3, 0.4) is 0 Å². The van der Waals surface area contributed by atoms with Gasteiger partial charge in [-0.3, -0.25) is 10.3 Å². The largest absolute Gasteiger partial charge is 0.496 e. The lowest BCUT2D eigenvalue weighted by atomic mass is 9.96. The fraction of sp³-hybridized carbons (Fsp3) is 0.292. The number of nitrogens with one attached hydrogen (secondary N) is 2. The van der Waals surface area contributed by atoms with E-state index in [1.165, 1.54) is 43.3 Å². The maximum Gasteiger partial charge on any atom is 0.320 e. The highest BCUT2D eigenvalue weighted by atomic mass is 19.1. The number of hydrogen-bond donors (Lipinski definition) is 2. The summed E-state index contributed by atoms with van der Waals surface area (Å²) in [5.74, 6) is 0.491. The Bertz CT molecular complexity index is 1090. The molecule has 2 N–H and O–H groups in total. The van der Waals surface area contributed by atoms with Gasteiger partial charge in [0.2, 0.25) is 0 Å². The molecule has 1 aliphatic carbocycles. The molecule has 4 rings (SSSR count). The zero-order chi connectivity index (χ0) is 21.6. The lowest BCUT2D eigenvalue weighted by molar-refractivity contribution is 0.252. The van der Waals surface area contributed by atoms with Crippen LogP contribution < -0.4 is 15.4 Å². The molecule has 0 bridgehead atoms. The summed E-state index contributed by atoms with van der Waals surface area (Å²) in [6, 6.07) is 13.3. The maximum atomic E-state index is 13.7. The monoisotopic (exact) mass is 420 g/mol. The van der Waals surface area contributed by atoms with Crippen LogP contribution in [0.2, 0.25) is 0 Å². The van der Waals surface area contributed by atoms with Gasteiger partial charge >= 0.3 is 6.03 Å². The lowest BCUT2D eigenvalue weighted by Crippen LogP contribution is -2.31. The summed E-state index contributed by atoms with van der Waals surface area (Å²) in [6.45, 7) is 0.467. The van der Waals surface area contributed by atoms with Gasteiger partial charge in [-0.2, -0.15) is 0 Å². The molecule has 0 saturated heterocycles. The fourth-order valence-electron chi connectivity index (χ4n) is 3.77. The molecule has 0 radical (unpaired) electrons. The van der Waals surface area contributed by atoms with E-state index in [0.29, 0.717) is 35.8 Å². The quantitative estimate of drug-likeness (QED) is 0.614. The van der Waals surface area contributed by atoms with Crippen molar-refractivity contribution in [3.8, 4) is 17.0 Å². The Labute approximate surface area is 180 Å². The summed E-state index contributed by atoms with van der Waals surface area (Å²) in [5.41, 5.74) is 4.56. The summed E-state index contributed by atoms with van der Waals surface area (Å²) in [5, 5.41) is 5.56. The van der Waals surface area contributed by atoms with E-state index in [2.05, 4.69) is 21.7 Å². The molecule has 2 aromatic heterocycles. The number of amides is 2. The molecule has 0 atom stereocenters. The maximum absolute atomic E-state index is 13.7. The van der Waals surface area contributed by atoms with Crippen molar-refractivity contribution in [1.29, 1.82) is 0 Å². The van der Waals surface area contributed by atoms with Gasteiger partial charge in [-0.25, -0.2) is 14.2 Å². The van der Waals surface area contributed by atoms with E-state index in [1.807, 2.05) is 6.07 Å². The minimum Gasteiger partial charge on any atom is -0.496 e. The van der Waals surface area contributed by atoms with E-state index in [0.717, 1.165) is 18.5 Å². The van der Waals surface area contributed by atoms with E-state index in [1.54, 1.807) is 24.3 Å². The molecule has 0 spiro atoms. The number of anilines is 1. The number of methoxy groups -OCH3 is 1. The summed E-state index contributed by atoms with van der Waals surface area (Å²) in [6.07, 6.45) is 5.23. The van der Waals surface area contributed by atoms with E-state index in [-0.39, 0.29) is 11.8 Å². The van der Waals surface area contributed by atoms with Crippen LogP contribution in [0.5, 0.6) is 5.75 Å². The Balaban J connectivity index is 1.35. The van der Waals surface area contributed by atoms with Gasteiger partial charge in [0.05, 0.1) is 12.8 Å². The van der Waals surface area contributed by atoms with Crippen molar-refractivity contribution in [2.45, 2.75) is 32.1 Å². The number of pyridine rings is 2. The minimum atomic E-state index is -0.385. The highest BCUT2D eigenvalue weighted by molar-refractivity contribution is 5.88. The molecular weight excluding hydrogens is 395 g/mol. The van der Waals surface area contributed by atoms with Crippen LogP contribution >= 0.6 is 0 Å². The number of carbonyl (C=O) groups is 1. The van der Waals surface area contributed by atoms with Crippen LogP contribution in [0, 0.1) is 5.82 Å². The molecule has 2 heterocycles. The molecule has 1 aromatic carbocycles. The minimum absolute atomic E-state index is 0.353. The third kappa shape index (κ3) is 5.17. The van der Waals surface area contributed by atoms with Gasteiger partial charge in [0.1, 0.15) is 17.4 Å². The molecule has 7 heteroatoms. The number of benzene rings is 1. The number of hydrogen-bond acceptors (Lipinski definition) is 4. The molecule has 160 valence electrons. The van der Waals surface area contributed by atoms with Crippen molar-refractivity contribution >= 4 is 11.8 Å². The normalized spacial score (nSPS) is 12.7. The second-order valence-electron chi connectivity index (χ2n) is 7.50. The number of halogens is 1. The second kappa shape index (κ2) is 9.55. The van der Waals surface area contributed by atoms with Crippen molar-refractivity contribution < 1.29 is 13.9 Å². The smallest absolute Gasteiger partial charge is 0.320 e. The van der Waals surface area contributed by atoms with Crippen LogP contribution in [0.25, 0.3) is 11.3 Å². The first kappa shape index (κ1) is 20.8. The van der Waals surface area contributed by atoms with Crippen LogP contribution in [-0.2, 0) is 19.3 Å². The standard InChI is InChI=1S/C24H25FN4O2/c1-31-22-12-10-17(25)15-19(22)21-7-4-8-23(28-21)29-24(30)26-14-13-18-11-9-16-5-2-3-6-20(16)27-18/h4,7-12,15H,2-3,5-6,13-14H2,1H3,(H2,26,28,29,30). The average molecular weight is 420 g/mol. The van der Waals surface area contributed by atoms with E-state index in [9.17, 15) is 9.18 Å². The summed E-state index contributed by atoms with van der Waals surface area (Å²) >= 11 is 0. The molecule has 0 aliphatic heterocycles. The van der Waals surface area contributed by atoms with Crippen molar-refractivity contribution in [3.63, 3.8) is 0 Å². The third-order valence-corrected chi connectivity index (χ3v) is 5.33. The molecule has 3 aromatic rings. The Morgan fingerprint density at radius 2 is 1.97 bits per heavy atom. The molecule has 6 nitrogen and oxygen atoms in total. The van der Waals surface area contributed by atoms with E-state index >= 15 is 0 Å². The SMILES string of the molecule is COc1ccc(F)cc1-c1cccc(NC(=O)NCCc2ccc3c(n2)CCCC3)n1. The summed E-state index contributed by atoms with van der Waals surface area (Å²) < 4.78 is 19.0. The number of aromatic nitrogens is 2. The van der Waals surface area contributed by atoms with Gasteiger partial charge in [0.15, 0.2) is 0 Å². The third-order valence-electron chi connectivity index (χ3n) is 5.33. The first-order chi connectivity index (χ1) is 15.1. The number of urea groups is 1. The molecule has 0 fully saturated rings. The Morgan fingerprint density at radius 3 is 2.84 bits per heavy atom. The number of ether oxygens (including phenoxy) is 1. The number of nitrogens with zero attached hydrogens (tertiary/aromatic N) is 2. The predicted octanol–water partition coefficient (Wildman–Crippen LogP) is 4.53. The lowest BCUT2D eigenvalue weighted by Gasteiger charge is -2.15. The molecular formula is C24H25FN4O2. The number of fused-ring (bicyclic) bond motifs is 1. The number of carbonyl (C=O) groups excluding carboxylic acids is 1. The zero-order valence-electron chi connectivity index (χ0n) is 17.5. The molecule has 0 unspecified atom stereocenters. The highest BCUT2D eigenvalue weighted by Crippen LogP contribution is 2.30. The van der Waals surface area contributed by atoms with E-state index in [4.69, 9.17) is 9.72 Å². The fourth-order valence-corrected chi connectivity index (χ4v) is 3.77. The summed E-state index contributed by atoms with van der Waals surface area (Å²) in [4.78, 5) is 21.4. The first-order valence-corrected chi connectivity index (χ1v) is 10.5. The molecule has 31 heavy (non-hydrogen) atoms. The van der Waals surface area contributed by atoms with Gasteiger partial charge in [0.25, 0.3) is 0 Å². The zero-order valence-corrected chi connectivity index (χ0v) is 17.5. The Hall–Kier alpha value is -3.48. The van der Waals surface area contributed by atoms with Crippen LogP contribution in [-0.4, -0.2) is 29.7 Å². The van der Waals surface area contributed by atoms with Crippen molar-refractivity contribution in [2.75, 3.05) is 19.0 Å².